The average Bonchev–Trinajstić information content (AvgIpc) is 3.37. The smallest absolute Gasteiger partial charge is 0.252 e. The van der Waals surface area contributed by atoms with Crippen molar-refractivity contribution in [3.8, 4) is 0 Å². The van der Waals surface area contributed by atoms with E-state index in [0.29, 0.717) is 0 Å². The largest absolute Gasteiger partial charge is 0.335 e. The number of fused-ring (bicyclic) bond motifs is 13. The third kappa shape index (κ3) is 3.65. The summed E-state index contributed by atoms with van der Waals surface area (Å²) in [7, 11) is 0. The Morgan fingerprint density at radius 2 is 1.16 bits per heavy atom. The minimum atomic E-state index is -0.205. The highest BCUT2D eigenvalue weighted by Crippen LogP contribution is 2.61. The molecule has 4 heteroatoms. The third-order valence-corrected chi connectivity index (χ3v) is 13.8. The Labute approximate surface area is 302 Å². The summed E-state index contributed by atoms with van der Waals surface area (Å²) in [4.78, 5) is 7.83. The summed E-state index contributed by atoms with van der Waals surface area (Å²) in [6.45, 7) is 10.0. The number of rotatable bonds is 1. The third-order valence-electron chi connectivity index (χ3n) is 13.8. The Kier molecular flexibility index (Phi) is 5.77. The monoisotopic (exact) mass is 659 g/mol. The summed E-state index contributed by atoms with van der Waals surface area (Å²) >= 11 is 0. The van der Waals surface area contributed by atoms with Gasteiger partial charge in [-0.25, -0.2) is 0 Å². The van der Waals surface area contributed by atoms with Crippen molar-refractivity contribution in [2.24, 2.45) is 0 Å². The van der Waals surface area contributed by atoms with Crippen LogP contribution in [0.3, 0.4) is 0 Å². The lowest BCUT2D eigenvalue weighted by atomic mass is 9.33. The van der Waals surface area contributed by atoms with E-state index in [2.05, 4.69) is 176 Å². The van der Waals surface area contributed by atoms with Gasteiger partial charge in [-0.3, -0.25) is 0 Å². The van der Waals surface area contributed by atoms with Crippen LogP contribution in [0.15, 0.2) is 133 Å². The van der Waals surface area contributed by atoms with Crippen LogP contribution in [0, 0.1) is 0 Å². The number of nitrogens with zero attached hydrogens (tertiary/aromatic N) is 3. The van der Waals surface area contributed by atoms with E-state index in [9.17, 15) is 0 Å². The Balaban J connectivity index is 1.24. The minimum absolute atomic E-state index is 0.0304. The maximum atomic E-state index is 2.81. The quantitative estimate of drug-likeness (QED) is 0.163. The van der Waals surface area contributed by atoms with E-state index in [1.807, 2.05) is 0 Å². The molecule has 1 fully saturated rings. The van der Waals surface area contributed by atoms with Crippen LogP contribution < -0.4 is 31.1 Å². The molecule has 51 heavy (non-hydrogen) atoms. The van der Waals surface area contributed by atoms with Crippen molar-refractivity contribution in [1.29, 1.82) is 0 Å². The summed E-state index contributed by atoms with van der Waals surface area (Å²) in [5.74, 6) is 0. The van der Waals surface area contributed by atoms with Crippen LogP contribution in [0.25, 0.3) is 0 Å². The molecule has 2 unspecified atom stereocenters. The molecule has 0 aromatic heterocycles. The molecule has 6 aromatic carbocycles. The molecule has 5 aliphatic rings. The Morgan fingerprint density at radius 1 is 0.510 bits per heavy atom. The topological polar surface area (TPSA) is 9.72 Å². The first-order chi connectivity index (χ1) is 24.8. The SMILES string of the molecule is CC1(C)c2cccc(c2)N(c2ccccc2)c2ccc3c(c2)N(c2cccc1c2)c1cccc2c1B3c1cccc3c1N2C1(C)CCCCC31C. The first-order valence-electron chi connectivity index (χ1n) is 18.9. The summed E-state index contributed by atoms with van der Waals surface area (Å²) in [6, 6.07) is 51.0. The molecule has 0 saturated heterocycles. The van der Waals surface area contributed by atoms with Crippen LogP contribution >= 0.6 is 0 Å². The molecule has 4 aliphatic heterocycles. The van der Waals surface area contributed by atoms with Crippen molar-refractivity contribution in [2.45, 2.75) is 69.7 Å². The standard InChI is InChI=1S/C47H42BN3/c1-45(2)31-14-10-18-34(28-31)49(33-16-6-5-7-17-33)36-24-25-38-42(30-36)50(35-19-11-15-32(45)29-35)40-22-13-23-41-43(40)48(38)39-21-12-20-37-44(39)51(41)47(4)27-9-8-26-46(37,47)3/h5-7,10-25,28-30H,8-9,26-27H2,1-4H3. The van der Waals surface area contributed by atoms with Crippen LogP contribution in [0.5, 0.6) is 0 Å². The molecule has 0 radical (unpaired) electrons. The van der Waals surface area contributed by atoms with Gasteiger partial charge in [0.2, 0.25) is 0 Å². The second kappa shape index (κ2) is 9.97. The normalized spacial score (nSPS) is 22.7. The highest BCUT2D eigenvalue weighted by Gasteiger charge is 2.61. The van der Waals surface area contributed by atoms with E-state index in [4.69, 9.17) is 0 Å². The summed E-state index contributed by atoms with van der Waals surface area (Å²) in [5, 5.41) is 0. The zero-order valence-electron chi connectivity index (χ0n) is 29.9. The van der Waals surface area contributed by atoms with Crippen LogP contribution in [0.1, 0.15) is 70.1 Å². The maximum absolute atomic E-state index is 2.81. The molecule has 3 nitrogen and oxygen atoms in total. The lowest BCUT2D eigenvalue weighted by molar-refractivity contribution is 0.195. The predicted molar refractivity (Wildman–Crippen MR) is 215 cm³/mol. The zero-order valence-corrected chi connectivity index (χ0v) is 29.9. The van der Waals surface area contributed by atoms with E-state index in [1.165, 1.54) is 87.3 Å². The summed E-state index contributed by atoms with van der Waals surface area (Å²) < 4.78 is 0. The minimum Gasteiger partial charge on any atom is -0.335 e. The second-order valence-electron chi connectivity index (χ2n) is 16.5. The molecule has 0 N–H and O–H groups in total. The first kappa shape index (κ1) is 29.5. The van der Waals surface area contributed by atoms with Gasteiger partial charge in [0.05, 0.1) is 5.54 Å². The van der Waals surface area contributed by atoms with E-state index >= 15 is 0 Å². The molecule has 6 aromatic rings. The van der Waals surface area contributed by atoms with Gasteiger partial charge in [0.1, 0.15) is 0 Å². The van der Waals surface area contributed by atoms with Crippen LogP contribution in [-0.4, -0.2) is 12.3 Å². The Hall–Kier alpha value is -5.22. The fraction of sp³-hybridized carbons (Fsp3) is 0.234. The molecule has 11 rings (SSSR count). The number of benzene rings is 6. The molecular formula is C47H42BN3. The number of anilines is 8. The van der Waals surface area contributed by atoms with Gasteiger partial charge >= 0.3 is 0 Å². The van der Waals surface area contributed by atoms with E-state index < -0.39 is 0 Å². The molecule has 0 amide bonds. The fourth-order valence-electron chi connectivity index (χ4n) is 10.9. The fourth-order valence-corrected chi connectivity index (χ4v) is 10.9. The second-order valence-corrected chi connectivity index (χ2v) is 16.5. The van der Waals surface area contributed by atoms with Crippen LogP contribution in [-0.2, 0) is 10.8 Å². The molecule has 6 bridgehead atoms. The Bertz CT molecular complexity index is 2430. The van der Waals surface area contributed by atoms with Gasteiger partial charge in [-0.2, -0.15) is 0 Å². The van der Waals surface area contributed by atoms with Crippen molar-refractivity contribution < 1.29 is 0 Å². The van der Waals surface area contributed by atoms with Gasteiger partial charge in [0.15, 0.2) is 0 Å². The van der Waals surface area contributed by atoms with Crippen molar-refractivity contribution in [2.75, 3.05) is 14.7 Å². The van der Waals surface area contributed by atoms with Gasteiger partial charge in [-0.1, -0.05) is 106 Å². The Morgan fingerprint density at radius 3 is 1.94 bits per heavy atom. The van der Waals surface area contributed by atoms with Crippen LogP contribution in [0.4, 0.5) is 45.5 Å². The van der Waals surface area contributed by atoms with Gasteiger partial charge in [-0.15, -0.1) is 0 Å². The lowest BCUT2D eigenvalue weighted by Gasteiger charge is -2.52. The molecule has 4 heterocycles. The zero-order chi connectivity index (χ0) is 34.3. The van der Waals surface area contributed by atoms with Crippen molar-refractivity contribution in [1.82, 2.24) is 0 Å². The van der Waals surface area contributed by atoms with Gasteiger partial charge in [0.25, 0.3) is 6.71 Å². The summed E-state index contributed by atoms with van der Waals surface area (Å²) in [6.07, 6.45) is 5.03. The average molecular weight is 660 g/mol. The van der Waals surface area contributed by atoms with Crippen molar-refractivity contribution >= 4 is 68.6 Å². The van der Waals surface area contributed by atoms with Gasteiger partial charge in [-0.05, 0) is 114 Å². The van der Waals surface area contributed by atoms with Gasteiger partial charge in [0, 0.05) is 56.3 Å². The first-order valence-corrected chi connectivity index (χ1v) is 18.9. The maximum Gasteiger partial charge on any atom is 0.252 e. The highest BCUT2D eigenvalue weighted by atomic mass is 15.3. The van der Waals surface area contributed by atoms with E-state index in [0.717, 1.165) is 11.4 Å². The molecule has 0 spiro atoms. The number of hydrogen-bond acceptors (Lipinski definition) is 3. The number of para-hydroxylation sites is 2. The highest BCUT2D eigenvalue weighted by molar-refractivity contribution is 7.00. The van der Waals surface area contributed by atoms with Crippen LogP contribution in [0.2, 0.25) is 0 Å². The van der Waals surface area contributed by atoms with E-state index in [-0.39, 0.29) is 23.1 Å². The van der Waals surface area contributed by atoms with Crippen molar-refractivity contribution in [3.63, 3.8) is 0 Å². The molecule has 1 saturated carbocycles. The summed E-state index contributed by atoms with van der Waals surface area (Å²) in [5.41, 5.74) is 18.5. The number of hydrogen-bond donors (Lipinski definition) is 0. The predicted octanol–water partition coefficient (Wildman–Crippen LogP) is 10.2. The molecule has 248 valence electrons. The van der Waals surface area contributed by atoms with E-state index in [1.54, 1.807) is 5.56 Å². The molecule has 1 aliphatic carbocycles. The molecule has 2 atom stereocenters. The molecular weight excluding hydrogens is 617 g/mol. The van der Waals surface area contributed by atoms with Crippen molar-refractivity contribution in [3.05, 3.63) is 150 Å². The van der Waals surface area contributed by atoms with Gasteiger partial charge < -0.3 is 14.7 Å². The lowest BCUT2D eigenvalue weighted by Crippen LogP contribution is -2.64.